The van der Waals surface area contributed by atoms with Crippen molar-refractivity contribution < 1.29 is 19.0 Å². The van der Waals surface area contributed by atoms with Gasteiger partial charge in [0.25, 0.3) is 0 Å². The number of rotatable bonds is 3. The number of alkyl carbamates (subject to hydrolysis) is 1. The highest BCUT2D eigenvalue weighted by molar-refractivity contribution is 5.69. The third-order valence-electron chi connectivity index (χ3n) is 3.37. The lowest BCUT2D eigenvalue weighted by atomic mass is 9.80. The van der Waals surface area contributed by atoms with Crippen molar-refractivity contribution >= 4 is 6.09 Å². The van der Waals surface area contributed by atoms with Crippen molar-refractivity contribution in [1.82, 2.24) is 5.32 Å². The first-order valence-corrected chi connectivity index (χ1v) is 6.13. The summed E-state index contributed by atoms with van der Waals surface area (Å²) >= 11 is 0. The number of hydrogen-bond donors (Lipinski definition) is 1. The van der Waals surface area contributed by atoms with E-state index >= 15 is 0 Å². The third-order valence-corrected chi connectivity index (χ3v) is 3.37. The lowest BCUT2D eigenvalue weighted by Gasteiger charge is -2.39. The van der Waals surface area contributed by atoms with Crippen LogP contribution in [0.3, 0.4) is 0 Å². The van der Waals surface area contributed by atoms with E-state index in [0.29, 0.717) is 6.61 Å². The SMILES string of the molecule is COc1ccc(OC)c([C@H]2NC(=O)OCC2(C)C)c1. The van der Waals surface area contributed by atoms with E-state index in [0.717, 1.165) is 17.1 Å². The van der Waals surface area contributed by atoms with Gasteiger partial charge in [0.1, 0.15) is 18.1 Å². The lowest BCUT2D eigenvalue weighted by molar-refractivity contribution is 0.0380. The molecule has 1 aromatic carbocycles. The molecule has 1 aliphatic rings. The normalized spacial score (nSPS) is 21.3. The molecule has 1 heterocycles. The van der Waals surface area contributed by atoms with Gasteiger partial charge in [-0.2, -0.15) is 0 Å². The Hall–Kier alpha value is -1.91. The number of hydrogen-bond acceptors (Lipinski definition) is 4. The van der Waals surface area contributed by atoms with Gasteiger partial charge in [-0.15, -0.1) is 0 Å². The second kappa shape index (κ2) is 4.99. The van der Waals surface area contributed by atoms with Crippen LogP contribution in [-0.2, 0) is 4.74 Å². The van der Waals surface area contributed by atoms with Crippen LogP contribution in [0.2, 0.25) is 0 Å². The fourth-order valence-electron chi connectivity index (χ4n) is 2.25. The van der Waals surface area contributed by atoms with Crippen LogP contribution in [0.1, 0.15) is 25.5 Å². The van der Waals surface area contributed by atoms with Gasteiger partial charge in [0.15, 0.2) is 0 Å². The van der Waals surface area contributed by atoms with Gasteiger partial charge < -0.3 is 19.5 Å². The molecule has 1 fully saturated rings. The van der Waals surface area contributed by atoms with Crippen molar-refractivity contribution in [2.45, 2.75) is 19.9 Å². The van der Waals surface area contributed by atoms with E-state index in [1.54, 1.807) is 14.2 Å². The molecule has 0 spiro atoms. The van der Waals surface area contributed by atoms with Crippen molar-refractivity contribution in [2.24, 2.45) is 5.41 Å². The van der Waals surface area contributed by atoms with Crippen LogP contribution >= 0.6 is 0 Å². The quantitative estimate of drug-likeness (QED) is 0.912. The summed E-state index contributed by atoms with van der Waals surface area (Å²) in [5, 5.41) is 2.85. The molecule has 0 radical (unpaired) electrons. The summed E-state index contributed by atoms with van der Waals surface area (Å²) < 4.78 is 15.7. The standard InChI is InChI=1S/C14H19NO4/c1-14(2)8-19-13(16)15-12(14)10-7-9(17-3)5-6-11(10)18-4/h5-7,12H,8H2,1-4H3,(H,15,16)/t12-/m1/s1. The number of carbonyl (C=O) groups is 1. The fourth-order valence-corrected chi connectivity index (χ4v) is 2.25. The topological polar surface area (TPSA) is 56.8 Å². The Balaban J connectivity index is 2.45. The minimum atomic E-state index is -0.408. The van der Waals surface area contributed by atoms with E-state index in [2.05, 4.69) is 5.32 Å². The first-order chi connectivity index (χ1) is 8.97. The van der Waals surface area contributed by atoms with Crippen molar-refractivity contribution in [3.05, 3.63) is 23.8 Å². The molecular formula is C14H19NO4. The maximum Gasteiger partial charge on any atom is 0.407 e. The van der Waals surface area contributed by atoms with Gasteiger partial charge in [-0.05, 0) is 18.2 Å². The molecule has 1 saturated heterocycles. The largest absolute Gasteiger partial charge is 0.497 e. The molecule has 1 aromatic rings. The highest BCUT2D eigenvalue weighted by Crippen LogP contribution is 2.41. The number of methoxy groups -OCH3 is 2. The average molecular weight is 265 g/mol. The number of ether oxygens (including phenoxy) is 3. The molecule has 1 aliphatic heterocycles. The molecule has 1 N–H and O–H groups in total. The summed E-state index contributed by atoms with van der Waals surface area (Å²) in [4.78, 5) is 11.5. The van der Waals surface area contributed by atoms with Crippen molar-refractivity contribution in [3.8, 4) is 11.5 Å². The molecule has 0 bridgehead atoms. The summed E-state index contributed by atoms with van der Waals surface area (Å²) in [5.41, 5.74) is 0.664. The molecule has 1 atom stereocenters. The minimum Gasteiger partial charge on any atom is -0.497 e. The number of nitrogens with one attached hydrogen (secondary N) is 1. The van der Waals surface area contributed by atoms with E-state index < -0.39 is 6.09 Å². The first-order valence-electron chi connectivity index (χ1n) is 6.13. The van der Waals surface area contributed by atoms with Gasteiger partial charge in [-0.3, -0.25) is 0 Å². The molecule has 5 nitrogen and oxygen atoms in total. The van der Waals surface area contributed by atoms with E-state index in [-0.39, 0.29) is 11.5 Å². The van der Waals surface area contributed by atoms with Crippen molar-refractivity contribution in [2.75, 3.05) is 20.8 Å². The van der Waals surface area contributed by atoms with Crippen LogP contribution in [-0.4, -0.2) is 26.9 Å². The van der Waals surface area contributed by atoms with E-state index in [1.165, 1.54) is 0 Å². The summed E-state index contributed by atoms with van der Waals surface area (Å²) in [6, 6.07) is 5.37. The second-order valence-electron chi connectivity index (χ2n) is 5.25. The molecule has 0 aromatic heterocycles. The summed E-state index contributed by atoms with van der Waals surface area (Å²) in [6.07, 6.45) is -0.408. The Bertz CT molecular complexity index is 484. The predicted molar refractivity (Wildman–Crippen MR) is 70.6 cm³/mol. The average Bonchev–Trinajstić information content (AvgIpc) is 2.41. The monoisotopic (exact) mass is 265 g/mol. The lowest BCUT2D eigenvalue weighted by Crippen LogP contribution is -2.47. The second-order valence-corrected chi connectivity index (χ2v) is 5.25. The molecule has 19 heavy (non-hydrogen) atoms. The number of benzene rings is 1. The Morgan fingerprint density at radius 2 is 2.05 bits per heavy atom. The van der Waals surface area contributed by atoms with Crippen LogP contribution in [0.25, 0.3) is 0 Å². The molecule has 2 rings (SSSR count). The number of cyclic esters (lactones) is 1. The molecule has 1 amide bonds. The third kappa shape index (κ3) is 2.59. The molecule has 0 saturated carbocycles. The van der Waals surface area contributed by atoms with Crippen LogP contribution in [0.15, 0.2) is 18.2 Å². The van der Waals surface area contributed by atoms with Crippen LogP contribution in [0, 0.1) is 5.41 Å². The molecule has 104 valence electrons. The van der Waals surface area contributed by atoms with Gasteiger partial charge >= 0.3 is 6.09 Å². The Morgan fingerprint density at radius 3 is 2.68 bits per heavy atom. The van der Waals surface area contributed by atoms with E-state index in [9.17, 15) is 4.79 Å². The fraction of sp³-hybridized carbons (Fsp3) is 0.500. The Morgan fingerprint density at radius 1 is 1.32 bits per heavy atom. The van der Waals surface area contributed by atoms with Gasteiger partial charge in [0.2, 0.25) is 0 Å². The summed E-state index contributed by atoms with van der Waals surface area (Å²) in [5.74, 6) is 1.45. The van der Waals surface area contributed by atoms with Gasteiger partial charge in [-0.25, -0.2) is 4.79 Å². The molecule has 5 heteroatoms. The van der Waals surface area contributed by atoms with Crippen LogP contribution in [0.4, 0.5) is 4.79 Å². The highest BCUT2D eigenvalue weighted by Gasteiger charge is 2.39. The number of amides is 1. The van der Waals surface area contributed by atoms with Crippen LogP contribution in [0.5, 0.6) is 11.5 Å². The Labute approximate surface area is 112 Å². The van der Waals surface area contributed by atoms with Gasteiger partial charge in [-0.1, -0.05) is 13.8 Å². The highest BCUT2D eigenvalue weighted by atomic mass is 16.6. The number of carbonyl (C=O) groups excluding carboxylic acids is 1. The van der Waals surface area contributed by atoms with E-state index in [4.69, 9.17) is 14.2 Å². The summed E-state index contributed by atoms with van der Waals surface area (Å²) in [7, 11) is 3.22. The maximum atomic E-state index is 11.5. The zero-order valence-electron chi connectivity index (χ0n) is 11.6. The smallest absolute Gasteiger partial charge is 0.407 e. The minimum absolute atomic E-state index is 0.182. The first kappa shape index (κ1) is 13.5. The Kier molecular flexibility index (Phi) is 3.55. The van der Waals surface area contributed by atoms with Crippen molar-refractivity contribution in [3.63, 3.8) is 0 Å². The van der Waals surface area contributed by atoms with Gasteiger partial charge in [0, 0.05) is 11.0 Å². The zero-order chi connectivity index (χ0) is 14.0. The predicted octanol–water partition coefficient (Wildman–Crippen LogP) is 2.51. The molecule has 0 unspecified atom stereocenters. The van der Waals surface area contributed by atoms with Crippen molar-refractivity contribution in [1.29, 1.82) is 0 Å². The van der Waals surface area contributed by atoms with E-state index in [1.807, 2.05) is 32.0 Å². The van der Waals surface area contributed by atoms with Gasteiger partial charge in [0.05, 0.1) is 20.3 Å². The van der Waals surface area contributed by atoms with Crippen LogP contribution < -0.4 is 14.8 Å². The zero-order valence-corrected chi connectivity index (χ0v) is 11.6. The maximum absolute atomic E-state index is 11.5. The molecule has 0 aliphatic carbocycles. The summed E-state index contributed by atoms with van der Waals surface area (Å²) in [6.45, 7) is 4.44. The molecular weight excluding hydrogens is 246 g/mol.